The monoisotopic (exact) mass is 236 g/mol. The van der Waals surface area contributed by atoms with Crippen molar-refractivity contribution in [1.82, 2.24) is 0 Å². The van der Waals surface area contributed by atoms with Crippen LogP contribution in [0.1, 0.15) is 29.6 Å². The lowest BCUT2D eigenvalue weighted by molar-refractivity contribution is 0.0498. The molecule has 0 aliphatic heterocycles. The van der Waals surface area contributed by atoms with E-state index in [0.29, 0.717) is 19.3 Å². The highest BCUT2D eigenvalue weighted by molar-refractivity contribution is 5.90. The molecule has 17 heavy (non-hydrogen) atoms. The number of hydrogen-bond acceptors (Lipinski definition) is 4. The van der Waals surface area contributed by atoms with E-state index in [9.17, 15) is 9.18 Å². The first-order valence-electron chi connectivity index (χ1n) is 5.23. The maximum atomic E-state index is 13.0. The molecule has 0 unspecified atom stereocenters. The quantitative estimate of drug-likeness (QED) is 0.483. The number of nitrogen functional groups attached to an aromatic ring is 1. The lowest BCUT2D eigenvalue weighted by atomic mass is 10.2. The van der Waals surface area contributed by atoms with E-state index in [1.54, 1.807) is 0 Å². The number of carbonyl (C=O) groups is 1. The second kappa shape index (κ2) is 6.48. The van der Waals surface area contributed by atoms with E-state index in [1.807, 2.05) is 6.07 Å². The molecule has 0 bridgehead atoms. The molecule has 1 rings (SSSR count). The third-order valence-corrected chi connectivity index (χ3v) is 2.07. The number of unbranched alkanes of at least 4 members (excludes halogenated alkanes) is 2. The molecular formula is C12H13FN2O2. The number of halogens is 1. The van der Waals surface area contributed by atoms with Gasteiger partial charge in [-0.25, -0.2) is 9.18 Å². The molecular weight excluding hydrogens is 223 g/mol. The van der Waals surface area contributed by atoms with Crippen molar-refractivity contribution < 1.29 is 13.9 Å². The Bertz CT molecular complexity index is 420. The lowest BCUT2D eigenvalue weighted by Crippen LogP contribution is -2.07. The predicted molar refractivity (Wildman–Crippen MR) is 60.6 cm³/mol. The van der Waals surface area contributed by atoms with Crippen LogP contribution in [0.25, 0.3) is 0 Å². The van der Waals surface area contributed by atoms with Gasteiger partial charge < -0.3 is 10.5 Å². The molecule has 1 aromatic rings. The fourth-order valence-electron chi connectivity index (χ4n) is 1.28. The number of nitriles is 1. The minimum atomic E-state index is -0.604. The SMILES string of the molecule is N#CCCCCOC(=O)c1cc(N)cc(F)c1. The van der Waals surface area contributed by atoms with Crippen molar-refractivity contribution in [3.05, 3.63) is 29.6 Å². The van der Waals surface area contributed by atoms with Crippen LogP contribution in [0.5, 0.6) is 0 Å². The zero-order valence-electron chi connectivity index (χ0n) is 9.28. The molecule has 2 N–H and O–H groups in total. The maximum Gasteiger partial charge on any atom is 0.338 e. The Hall–Kier alpha value is -2.09. The molecule has 0 spiro atoms. The van der Waals surface area contributed by atoms with Gasteiger partial charge in [0.05, 0.1) is 18.2 Å². The molecule has 0 aliphatic carbocycles. The van der Waals surface area contributed by atoms with Crippen LogP contribution in [0.15, 0.2) is 18.2 Å². The standard InChI is InChI=1S/C12H13FN2O2/c13-10-6-9(7-11(15)8-10)12(16)17-5-3-1-2-4-14/h6-8H,1-3,5,15H2. The summed E-state index contributed by atoms with van der Waals surface area (Å²) in [7, 11) is 0. The van der Waals surface area contributed by atoms with Crippen LogP contribution < -0.4 is 5.73 Å². The summed E-state index contributed by atoms with van der Waals surface area (Å²) in [5.74, 6) is -1.17. The van der Waals surface area contributed by atoms with Gasteiger partial charge in [0.25, 0.3) is 0 Å². The maximum absolute atomic E-state index is 13.0. The van der Waals surface area contributed by atoms with E-state index in [2.05, 4.69) is 0 Å². The lowest BCUT2D eigenvalue weighted by Gasteiger charge is -2.05. The Kier molecular flexibility index (Phi) is 4.95. The van der Waals surface area contributed by atoms with Crippen molar-refractivity contribution in [3.63, 3.8) is 0 Å². The summed E-state index contributed by atoms with van der Waals surface area (Å²) in [6, 6.07) is 5.56. The second-order valence-corrected chi connectivity index (χ2v) is 3.52. The van der Waals surface area contributed by atoms with Gasteiger partial charge in [0.2, 0.25) is 0 Å². The van der Waals surface area contributed by atoms with Gasteiger partial charge in [-0.2, -0.15) is 5.26 Å². The van der Waals surface area contributed by atoms with Crippen LogP contribution in [0.3, 0.4) is 0 Å². The molecule has 0 fully saturated rings. The molecule has 0 saturated carbocycles. The van der Waals surface area contributed by atoms with Crippen LogP contribution in [-0.4, -0.2) is 12.6 Å². The summed E-state index contributed by atoms with van der Waals surface area (Å²) < 4.78 is 17.9. The highest BCUT2D eigenvalue weighted by atomic mass is 19.1. The van der Waals surface area contributed by atoms with Crippen molar-refractivity contribution in [2.75, 3.05) is 12.3 Å². The zero-order valence-corrected chi connectivity index (χ0v) is 9.28. The van der Waals surface area contributed by atoms with Crippen molar-refractivity contribution >= 4 is 11.7 Å². The van der Waals surface area contributed by atoms with Crippen LogP contribution in [0.4, 0.5) is 10.1 Å². The van der Waals surface area contributed by atoms with Crippen molar-refractivity contribution in [3.8, 4) is 6.07 Å². The first-order chi connectivity index (χ1) is 8.13. The fourth-order valence-corrected chi connectivity index (χ4v) is 1.28. The van der Waals surface area contributed by atoms with Gasteiger partial charge in [-0.3, -0.25) is 0 Å². The smallest absolute Gasteiger partial charge is 0.338 e. The fraction of sp³-hybridized carbons (Fsp3) is 0.333. The number of carbonyl (C=O) groups excluding carboxylic acids is 1. The van der Waals surface area contributed by atoms with Gasteiger partial charge in [0.1, 0.15) is 5.82 Å². The van der Waals surface area contributed by atoms with E-state index >= 15 is 0 Å². The van der Waals surface area contributed by atoms with Crippen molar-refractivity contribution in [2.24, 2.45) is 0 Å². The highest BCUT2D eigenvalue weighted by Gasteiger charge is 2.09. The summed E-state index contributed by atoms with van der Waals surface area (Å²) in [4.78, 5) is 11.5. The largest absolute Gasteiger partial charge is 0.462 e. The molecule has 0 heterocycles. The van der Waals surface area contributed by atoms with Gasteiger partial charge in [-0.1, -0.05) is 0 Å². The molecule has 0 amide bonds. The Morgan fingerprint density at radius 3 is 2.82 bits per heavy atom. The molecule has 4 nitrogen and oxygen atoms in total. The summed E-state index contributed by atoms with van der Waals surface area (Å²) in [6.07, 6.45) is 1.73. The molecule has 0 aliphatic rings. The van der Waals surface area contributed by atoms with Crippen LogP contribution >= 0.6 is 0 Å². The predicted octanol–water partition coefficient (Wildman–Crippen LogP) is 2.26. The van der Waals surface area contributed by atoms with Gasteiger partial charge in [-0.05, 0) is 31.0 Å². The van der Waals surface area contributed by atoms with Crippen molar-refractivity contribution in [1.29, 1.82) is 5.26 Å². The average Bonchev–Trinajstić information content (AvgIpc) is 2.27. The molecule has 5 heteroatoms. The number of anilines is 1. The number of esters is 1. The topological polar surface area (TPSA) is 76.1 Å². The van der Waals surface area contributed by atoms with E-state index in [-0.39, 0.29) is 17.9 Å². The molecule has 90 valence electrons. The van der Waals surface area contributed by atoms with E-state index < -0.39 is 11.8 Å². The Morgan fingerprint density at radius 1 is 1.41 bits per heavy atom. The summed E-state index contributed by atoms with van der Waals surface area (Å²) in [5.41, 5.74) is 5.69. The van der Waals surface area contributed by atoms with Gasteiger partial charge in [0, 0.05) is 12.1 Å². The number of rotatable bonds is 5. The molecule has 0 radical (unpaired) electrons. The third-order valence-electron chi connectivity index (χ3n) is 2.07. The number of nitrogens with two attached hydrogens (primary N) is 1. The van der Waals surface area contributed by atoms with E-state index in [0.717, 1.165) is 12.1 Å². The van der Waals surface area contributed by atoms with Gasteiger partial charge in [-0.15, -0.1) is 0 Å². The Morgan fingerprint density at radius 2 is 2.18 bits per heavy atom. The van der Waals surface area contributed by atoms with Gasteiger partial charge >= 0.3 is 5.97 Å². The number of ether oxygens (including phenoxy) is 1. The van der Waals surface area contributed by atoms with Crippen LogP contribution in [-0.2, 0) is 4.74 Å². The summed E-state index contributed by atoms with van der Waals surface area (Å²) >= 11 is 0. The molecule has 0 saturated heterocycles. The average molecular weight is 236 g/mol. The first kappa shape index (κ1) is 13.0. The third kappa shape index (κ3) is 4.51. The normalized spacial score (nSPS) is 9.65. The number of nitrogens with zero attached hydrogens (tertiary/aromatic N) is 1. The molecule has 0 atom stereocenters. The summed E-state index contributed by atoms with van der Waals surface area (Å²) in [6.45, 7) is 0.219. The van der Waals surface area contributed by atoms with Crippen LogP contribution in [0, 0.1) is 17.1 Å². The molecule has 1 aromatic carbocycles. The Balaban J connectivity index is 2.44. The Labute approximate surface area is 98.8 Å². The first-order valence-corrected chi connectivity index (χ1v) is 5.23. The minimum Gasteiger partial charge on any atom is -0.462 e. The number of benzene rings is 1. The van der Waals surface area contributed by atoms with Gasteiger partial charge in [0.15, 0.2) is 0 Å². The molecule has 0 aromatic heterocycles. The van der Waals surface area contributed by atoms with E-state index in [1.165, 1.54) is 6.07 Å². The zero-order chi connectivity index (χ0) is 12.7. The minimum absolute atomic E-state index is 0.0998. The van der Waals surface area contributed by atoms with Crippen molar-refractivity contribution in [2.45, 2.75) is 19.3 Å². The number of hydrogen-bond donors (Lipinski definition) is 1. The van der Waals surface area contributed by atoms with E-state index in [4.69, 9.17) is 15.7 Å². The van der Waals surface area contributed by atoms with Crippen LogP contribution in [0.2, 0.25) is 0 Å². The second-order valence-electron chi connectivity index (χ2n) is 3.52. The highest BCUT2D eigenvalue weighted by Crippen LogP contribution is 2.12. The summed E-state index contributed by atoms with van der Waals surface area (Å²) in [5, 5.41) is 8.30.